The summed E-state index contributed by atoms with van der Waals surface area (Å²) < 4.78 is 0.991. The van der Waals surface area contributed by atoms with Gasteiger partial charge in [-0.05, 0) is 58.8 Å². The lowest BCUT2D eigenvalue weighted by Gasteiger charge is -2.42. The average Bonchev–Trinajstić information content (AvgIpc) is 2.16. The zero-order valence-electron chi connectivity index (χ0n) is 8.47. The molecule has 1 fully saturated rings. The van der Waals surface area contributed by atoms with Gasteiger partial charge in [0.2, 0.25) is 0 Å². The van der Waals surface area contributed by atoms with Crippen molar-refractivity contribution in [2.75, 3.05) is 6.54 Å². The number of nitrogens with zero attached hydrogens (tertiary/aromatic N) is 1. The van der Waals surface area contributed by atoms with Gasteiger partial charge >= 0.3 is 0 Å². The van der Waals surface area contributed by atoms with Crippen LogP contribution >= 0.6 is 27.5 Å². The third kappa shape index (κ3) is 2.05. The van der Waals surface area contributed by atoms with Crippen molar-refractivity contribution in [2.24, 2.45) is 5.73 Å². The molecular weight excluding hydrogens is 275 g/mol. The third-order valence-electron chi connectivity index (χ3n) is 3.31. The summed E-state index contributed by atoms with van der Waals surface area (Å²) in [6.07, 6.45) is 6.37. The van der Waals surface area contributed by atoms with E-state index >= 15 is 0 Å². The number of hydrogen-bond acceptors (Lipinski definition) is 2. The van der Waals surface area contributed by atoms with E-state index in [1.807, 2.05) is 0 Å². The molecule has 0 amide bonds. The lowest BCUT2D eigenvalue weighted by atomic mass is 9.63. The molecule has 0 aliphatic heterocycles. The monoisotopic (exact) mass is 288 g/mol. The van der Waals surface area contributed by atoms with Gasteiger partial charge in [-0.25, -0.2) is 4.98 Å². The first-order chi connectivity index (χ1) is 7.18. The molecule has 0 atom stereocenters. The fourth-order valence-electron chi connectivity index (χ4n) is 2.33. The average molecular weight is 290 g/mol. The highest BCUT2D eigenvalue weighted by molar-refractivity contribution is 9.10. The van der Waals surface area contributed by atoms with E-state index < -0.39 is 0 Å². The first-order valence-corrected chi connectivity index (χ1v) is 6.37. The fourth-order valence-corrected chi connectivity index (χ4v) is 2.96. The van der Waals surface area contributed by atoms with Gasteiger partial charge in [-0.3, -0.25) is 0 Å². The maximum Gasteiger partial charge on any atom is 0.132 e. The molecule has 2 rings (SSSR count). The van der Waals surface area contributed by atoms with Crippen LogP contribution in [0.15, 0.2) is 16.7 Å². The van der Waals surface area contributed by atoms with Crippen molar-refractivity contribution in [3.05, 3.63) is 27.5 Å². The highest BCUT2D eigenvalue weighted by atomic mass is 79.9. The number of halogens is 2. The Morgan fingerprint density at radius 2 is 2.27 bits per heavy atom. The van der Waals surface area contributed by atoms with Gasteiger partial charge in [-0.2, -0.15) is 0 Å². The van der Waals surface area contributed by atoms with Crippen molar-refractivity contribution in [3.8, 4) is 0 Å². The number of aromatic nitrogens is 1. The standard InChI is InChI=1S/C11H14BrClN2/c12-8-6-9(10(13)15-7-8)11(4-5-14)2-1-3-11/h6-7H,1-5,14H2. The Hall–Kier alpha value is -0.120. The van der Waals surface area contributed by atoms with E-state index in [-0.39, 0.29) is 5.41 Å². The molecule has 0 bridgehead atoms. The SMILES string of the molecule is NCCC1(c2cc(Br)cnc2Cl)CCC1. The predicted molar refractivity (Wildman–Crippen MR) is 66.1 cm³/mol. The van der Waals surface area contributed by atoms with E-state index in [2.05, 4.69) is 27.0 Å². The lowest BCUT2D eigenvalue weighted by molar-refractivity contribution is 0.229. The summed E-state index contributed by atoms with van der Waals surface area (Å²) in [5.41, 5.74) is 7.03. The normalized spacial score (nSPS) is 18.6. The minimum absolute atomic E-state index is 0.197. The predicted octanol–water partition coefficient (Wildman–Crippen LogP) is 3.27. The Labute approximate surface area is 103 Å². The quantitative estimate of drug-likeness (QED) is 0.868. The zero-order valence-corrected chi connectivity index (χ0v) is 10.8. The summed E-state index contributed by atoms with van der Waals surface area (Å²) in [7, 11) is 0. The smallest absolute Gasteiger partial charge is 0.132 e. The number of pyridine rings is 1. The Bertz CT molecular complexity index is 364. The highest BCUT2D eigenvalue weighted by Gasteiger charge is 2.39. The highest BCUT2D eigenvalue weighted by Crippen LogP contribution is 2.48. The maximum atomic E-state index is 6.16. The van der Waals surface area contributed by atoms with Gasteiger partial charge in [0.05, 0.1) is 0 Å². The van der Waals surface area contributed by atoms with Crippen LogP contribution in [0.5, 0.6) is 0 Å². The van der Waals surface area contributed by atoms with Crippen LogP contribution in [-0.2, 0) is 5.41 Å². The molecule has 1 aromatic rings. The summed E-state index contributed by atoms with van der Waals surface area (Å²) in [6, 6.07) is 2.09. The van der Waals surface area contributed by atoms with Crippen LogP contribution in [0.3, 0.4) is 0 Å². The number of hydrogen-bond donors (Lipinski definition) is 1. The minimum atomic E-state index is 0.197. The molecule has 0 saturated heterocycles. The molecule has 1 aliphatic carbocycles. The Morgan fingerprint density at radius 1 is 1.53 bits per heavy atom. The van der Waals surface area contributed by atoms with Crippen molar-refractivity contribution in [2.45, 2.75) is 31.1 Å². The molecule has 15 heavy (non-hydrogen) atoms. The van der Waals surface area contributed by atoms with E-state index in [0.717, 1.165) is 16.5 Å². The molecule has 82 valence electrons. The molecule has 1 aromatic heterocycles. The molecule has 0 unspecified atom stereocenters. The molecule has 1 aliphatic rings. The summed E-state index contributed by atoms with van der Waals surface area (Å²) in [5.74, 6) is 0. The fraction of sp³-hybridized carbons (Fsp3) is 0.545. The second-order valence-corrected chi connectivity index (χ2v) is 5.44. The Kier molecular flexibility index (Phi) is 3.33. The van der Waals surface area contributed by atoms with Crippen LogP contribution in [0.25, 0.3) is 0 Å². The van der Waals surface area contributed by atoms with Crippen LogP contribution in [0.2, 0.25) is 5.15 Å². The summed E-state index contributed by atoms with van der Waals surface area (Å²) in [4.78, 5) is 4.19. The van der Waals surface area contributed by atoms with Crippen LogP contribution in [0.1, 0.15) is 31.2 Å². The summed E-state index contributed by atoms with van der Waals surface area (Å²) >= 11 is 9.60. The Morgan fingerprint density at radius 3 is 2.80 bits per heavy atom. The maximum absolute atomic E-state index is 6.16. The first kappa shape index (κ1) is 11.4. The molecular formula is C11H14BrClN2. The second-order valence-electron chi connectivity index (χ2n) is 4.16. The van der Waals surface area contributed by atoms with Gasteiger partial charge in [-0.1, -0.05) is 18.0 Å². The summed E-state index contributed by atoms with van der Waals surface area (Å²) in [6.45, 7) is 0.711. The van der Waals surface area contributed by atoms with E-state index in [1.165, 1.54) is 19.3 Å². The van der Waals surface area contributed by atoms with Gasteiger partial charge < -0.3 is 5.73 Å². The zero-order chi connectivity index (χ0) is 10.9. The van der Waals surface area contributed by atoms with Gasteiger partial charge in [-0.15, -0.1) is 0 Å². The van der Waals surface area contributed by atoms with Gasteiger partial charge in [0, 0.05) is 10.7 Å². The molecule has 1 heterocycles. The van der Waals surface area contributed by atoms with E-state index in [0.29, 0.717) is 11.7 Å². The molecule has 0 aromatic carbocycles. The Balaban J connectivity index is 2.37. The van der Waals surface area contributed by atoms with Crippen molar-refractivity contribution in [1.82, 2.24) is 4.98 Å². The minimum Gasteiger partial charge on any atom is -0.330 e. The van der Waals surface area contributed by atoms with Crippen LogP contribution in [0, 0.1) is 0 Å². The van der Waals surface area contributed by atoms with Gasteiger partial charge in [0.1, 0.15) is 5.15 Å². The molecule has 0 radical (unpaired) electrons. The van der Waals surface area contributed by atoms with Crippen molar-refractivity contribution < 1.29 is 0 Å². The summed E-state index contributed by atoms with van der Waals surface area (Å²) in [5, 5.41) is 0.631. The van der Waals surface area contributed by atoms with Crippen molar-refractivity contribution >= 4 is 27.5 Å². The van der Waals surface area contributed by atoms with E-state index in [4.69, 9.17) is 17.3 Å². The molecule has 0 spiro atoms. The second kappa shape index (κ2) is 4.40. The van der Waals surface area contributed by atoms with Crippen molar-refractivity contribution in [3.63, 3.8) is 0 Å². The first-order valence-electron chi connectivity index (χ1n) is 5.19. The van der Waals surface area contributed by atoms with E-state index in [9.17, 15) is 0 Å². The largest absolute Gasteiger partial charge is 0.330 e. The third-order valence-corrected chi connectivity index (χ3v) is 4.05. The molecule has 1 saturated carbocycles. The van der Waals surface area contributed by atoms with Crippen LogP contribution in [0.4, 0.5) is 0 Å². The van der Waals surface area contributed by atoms with E-state index in [1.54, 1.807) is 6.20 Å². The van der Waals surface area contributed by atoms with Crippen LogP contribution in [-0.4, -0.2) is 11.5 Å². The lowest BCUT2D eigenvalue weighted by Crippen LogP contribution is -2.36. The van der Waals surface area contributed by atoms with Gasteiger partial charge in [0.25, 0.3) is 0 Å². The number of rotatable bonds is 3. The molecule has 2 N–H and O–H groups in total. The van der Waals surface area contributed by atoms with Gasteiger partial charge in [0.15, 0.2) is 0 Å². The number of nitrogens with two attached hydrogens (primary N) is 1. The van der Waals surface area contributed by atoms with Crippen LogP contribution < -0.4 is 5.73 Å². The molecule has 2 nitrogen and oxygen atoms in total. The van der Waals surface area contributed by atoms with Crippen molar-refractivity contribution in [1.29, 1.82) is 0 Å². The molecule has 4 heteroatoms. The topological polar surface area (TPSA) is 38.9 Å².